The van der Waals surface area contributed by atoms with E-state index in [9.17, 15) is 9.59 Å². The summed E-state index contributed by atoms with van der Waals surface area (Å²) in [6.45, 7) is 1.37. The number of hydrogen-bond donors (Lipinski definition) is 2. The molecule has 0 bridgehead atoms. The van der Waals surface area contributed by atoms with E-state index in [1.807, 2.05) is 24.3 Å². The molecule has 0 fully saturated rings. The molecule has 8 nitrogen and oxygen atoms in total. The molecule has 2 aromatic carbocycles. The Morgan fingerprint density at radius 1 is 1.15 bits per heavy atom. The summed E-state index contributed by atoms with van der Waals surface area (Å²) in [6.07, 6.45) is 1.30. The number of methoxy groups -OCH3 is 2. The molecule has 0 atom stereocenters. The van der Waals surface area contributed by atoms with Gasteiger partial charge < -0.3 is 25.1 Å². The quantitative estimate of drug-likeness (QED) is 0.442. The van der Waals surface area contributed by atoms with E-state index in [0.29, 0.717) is 65.1 Å². The fourth-order valence-electron chi connectivity index (χ4n) is 3.25. The lowest BCUT2D eigenvalue weighted by molar-refractivity contribution is 0.0940. The van der Waals surface area contributed by atoms with Crippen LogP contribution in [0.5, 0.6) is 11.5 Å². The predicted molar refractivity (Wildman–Crippen MR) is 133 cm³/mol. The van der Waals surface area contributed by atoms with Gasteiger partial charge in [0.05, 0.1) is 19.8 Å². The number of benzene rings is 2. The smallest absolute Gasteiger partial charge is 0.283 e. The zero-order valence-corrected chi connectivity index (χ0v) is 20.6. The van der Waals surface area contributed by atoms with Crippen LogP contribution in [0.3, 0.4) is 0 Å². The van der Waals surface area contributed by atoms with Gasteiger partial charge in [-0.25, -0.2) is 0 Å². The van der Waals surface area contributed by atoms with Crippen molar-refractivity contribution in [3.8, 4) is 11.5 Å². The molecule has 0 aliphatic heterocycles. The second kappa shape index (κ2) is 12.4. The molecule has 2 amide bonds. The molecule has 3 rings (SSSR count). The highest BCUT2D eigenvalue weighted by atomic mass is 35.5. The Hall–Kier alpha value is -3.14. The van der Waals surface area contributed by atoms with Crippen molar-refractivity contribution in [3.63, 3.8) is 0 Å². The number of carbonyl (C=O) groups is 2. The Morgan fingerprint density at radius 2 is 1.91 bits per heavy atom. The third-order valence-electron chi connectivity index (χ3n) is 5.06. The van der Waals surface area contributed by atoms with E-state index >= 15 is 0 Å². The number of halogens is 1. The lowest BCUT2D eigenvalue weighted by Gasteiger charge is -2.10. The fraction of sp³-hybridized carbons (Fsp3) is 0.292. The average Bonchev–Trinajstić information content (AvgIpc) is 3.25. The summed E-state index contributed by atoms with van der Waals surface area (Å²) < 4.78 is 12.2. The first-order valence-corrected chi connectivity index (χ1v) is 11.9. The first kappa shape index (κ1) is 25.5. The van der Waals surface area contributed by atoms with Crippen molar-refractivity contribution in [1.29, 1.82) is 0 Å². The maximum Gasteiger partial charge on any atom is 0.283 e. The van der Waals surface area contributed by atoms with Crippen molar-refractivity contribution in [2.24, 2.45) is 10.7 Å². The first-order chi connectivity index (χ1) is 16.5. The largest absolute Gasteiger partial charge is 0.497 e. The van der Waals surface area contributed by atoms with Crippen LogP contribution in [-0.2, 0) is 13.0 Å². The zero-order chi connectivity index (χ0) is 24.5. The topological polar surface area (TPSA) is 108 Å². The van der Waals surface area contributed by atoms with E-state index < -0.39 is 5.91 Å². The Labute approximate surface area is 207 Å². The second-order valence-corrected chi connectivity index (χ2v) is 8.59. The number of thiazole rings is 1. The van der Waals surface area contributed by atoms with Gasteiger partial charge in [0.2, 0.25) is 0 Å². The third-order valence-corrected chi connectivity index (χ3v) is 6.18. The summed E-state index contributed by atoms with van der Waals surface area (Å²) in [5, 5.41) is 5.30. The van der Waals surface area contributed by atoms with Crippen molar-refractivity contribution in [3.05, 3.63) is 74.5 Å². The van der Waals surface area contributed by atoms with Gasteiger partial charge in [-0.2, -0.15) is 4.99 Å². The zero-order valence-electron chi connectivity index (χ0n) is 19.0. The van der Waals surface area contributed by atoms with Gasteiger partial charge in [0.25, 0.3) is 11.8 Å². The van der Waals surface area contributed by atoms with Crippen LogP contribution in [-0.4, -0.2) is 43.7 Å². The number of rotatable bonds is 10. The van der Waals surface area contributed by atoms with Crippen LogP contribution in [0.2, 0.25) is 5.02 Å². The maximum absolute atomic E-state index is 12.9. The predicted octanol–water partition coefficient (Wildman–Crippen LogP) is 3.28. The highest BCUT2D eigenvalue weighted by molar-refractivity contribution is 7.07. The Morgan fingerprint density at radius 3 is 2.59 bits per heavy atom. The minimum absolute atomic E-state index is 0.238. The maximum atomic E-state index is 12.9. The van der Waals surface area contributed by atoms with Crippen LogP contribution < -0.4 is 25.3 Å². The molecule has 10 heteroatoms. The number of nitrogens with two attached hydrogens (primary N) is 1. The number of aromatic nitrogens is 1. The van der Waals surface area contributed by atoms with E-state index in [-0.39, 0.29) is 5.91 Å². The lowest BCUT2D eigenvalue weighted by Crippen LogP contribution is -2.31. The molecule has 0 radical (unpaired) electrons. The summed E-state index contributed by atoms with van der Waals surface area (Å²) in [4.78, 5) is 30.5. The molecule has 0 aliphatic carbocycles. The highest BCUT2D eigenvalue weighted by Gasteiger charge is 2.17. The van der Waals surface area contributed by atoms with Crippen LogP contribution >= 0.6 is 22.9 Å². The average molecular weight is 503 g/mol. The number of hydrogen-bond acceptors (Lipinski definition) is 6. The number of nitrogens with one attached hydrogen (secondary N) is 1. The molecule has 0 saturated carbocycles. The number of nitrogens with zero attached hydrogens (tertiary/aromatic N) is 2. The Bertz CT molecular complexity index is 1200. The van der Waals surface area contributed by atoms with Gasteiger partial charge in [0, 0.05) is 29.6 Å². The molecule has 34 heavy (non-hydrogen) atoms. The molecular weight excluding hydrogens is 476 g/mol. The van der Waals surface area contributed by atoms with Crippen molar-refractivity contribution in [2.75, 3.05) is 27.3 Å². The molecule has 0 spiro atoms. The van der Waals surface area contributed by atoms with Gasteiger partial charge in [-0.05, 0) is 49.2 Å². The molecule has 0 aliphatic rings. The number of ether oxygens (including phenoxy) is 2. The van der Waals surface area contributed by atoms with Crippen molar-refractivity contribution in [2.45, 2.75) is 19.4 Å². The second-order valence-electron chi connectivity index (χ2n) is 7.31. The minimum atomic E-state index is -0.474. The SMILES string of the molecule is COc1ccc(C(=O)/N=c2\scc(C(=O)NCCc3ccc(Cl)cc3)n2CCCN)c(OC)c1. The van der Waals surface area contributed by atoms with Crippen LogP contribution in [0.15, 0.2) is 52.8 Å². The van der Waals surface area contributed by atoms with E-state index in [0.717, 1.165) is 5.56 Å². The summed E-state index contributed by atoms with van der Waals surface area (Å²) >= 11 is 7.14. The summed E-state index contributed by atoms with van der Waals surface area (Å²) in [7, 11) is 3.01. The normalized spacial score (nSPS) is 11.4. The molecule has 1 aromatic heterocycles. The number of carbonyl (C=O) groups excluding carboxylic acids is 2. The third kappa shape index (κ3) is 6.47. The van der Waals surface area contributed by atoms with Crippen LogP contribution in [0.1, 0.15) is 32.8 Å². The highest BCUT2D eigenvalue weighted by Crippen LogP contribution is 2.25. The van der Waals surface area contributed by atoms with Crippen molar-refractivity contribution in [1.82, 2.24) is 9.88 Å². The standard InChI is InChI=1S/C24H27ClN4O4S/c1-32-18-8-9-19(21(14-18)33-2)22(30)28-24-29(13-3-11-26)20(15-34-24)23(31)27-12-10-16-4-6-17(25)7-5-16/h4-9,14-15H,3,10-13,26H2,1-2H3,(H,27,31)/b28-24-. The molecular formula is C24H27ClN4O4S. The Kier molecular flexibility index (Phi) is 9.26. The minimum Gasteiger partial charge on any atom is -0.497 e. The number of amides is 2. The Balaban J connectivity index is 1.81. The monoisotopic (exact) mass is 502 g/mol. The van der Waals surface area contributed by atoms with Crippen molar-refractivity contribution >= 4 is 34.8 Å². The van der Waals surface area contributed by atoms with E-state index in [4.69, 9.17) is 26.8 Å². The summed E-state index contributed by atoms with van der Waals surface area (Å²) in [5.41, 5.74) is 7.49. The van der Waals surface area contributed by atoms with Gasteiger partial charge in [-0.3, -0.25) is 9.59 Å². The molecule has 0 unspecified atom stereocenters. The van der Waals surface area contributed by atoms with Crippen LogP contribution in [0.4, 0.5) is 0 Å². The first-order valence-electron chi connectivity index (χ1n) is 10.7. The van der Waals surface area contributed by atoms with Gasteiger partial charge in [-0.1, -0.05) is 23.7 Å². The molecule has 1 heterocycles. The molecule has 0 saturated heterocycles. The lowest BCUT2D eigenvalue weighted by atomic mass is 10.1. The van der Waals surface area contributed by atoms with E-state index in [1.54, 1.807) is 28.1 Å². The van der Waals surface area contributed by atoms with Gasteiger partial charge in [0.15, 0.2) is 4.80 Å². The van der Waals surface area contributed by atoms with Crippen LogP contribution in [0.25, 0.3) is 0 Å². The summed E-state index contributed by atoms with van der Waals surface area (Å²) in [6, 6.07) is 12.4. The van der Waals surface area contributed by atoms with Gasteiger partial charge >= 0.3 is 0 Å². The molecule has 3 aromatic rings. The van der Waals surface area contributed by atoms with Crippen molar-refractivity contribution < 1.29 is 19.1 Å². The fourth-order valence-corrected chi connectivity index (χ4v) is 4.28. The summed E-state index contributed by atoms with van der Waals surface area (Å²) in [5.74, 6) is 0.217. The van der Waals surface area contributed by atoms with Gasteiger partial charge in [0.1, 0.15) is 17.2 Å². The molecule has 180 valence electrons. The molecule has 3 N–H and O–H groups in total. The van der Waals surface area contributed by atoms with E-state index in [1.165, 1.54) is 25.6 Å². The van der Waals surface area contributed by atoms with E-state index in [2.05, 4.69) is 10.3 Å². The van der Waals surface area contributed by atoms with Crippen LogP contribution in [0, 0.1) is 0 Å². The van der Waals surface area contributed by atoms with Gasteiger partial charge in [-0.15, -0.1) is 11.3 Å².